The first-order valence-corrected chi connectivity index (χ1v) is 11.6. The number of esters is 1. The van der Waals surface area contributed by atoms with Gasteiger partial charge in [-0.3, -0.25) is 4.79 Å². The summed E-state index contributed by atoms with van der Waals surface area (Å²) in [6, 6.07) is 16.1. The van der Waals surface area contributed by atoms with Crippen LogP contribution in [0.3, 0.4) is 0 Å². The van der Waals surface area contributed by atoms with E-state index < -0.39 is 11.9 Å². The molecule has 0 aliphatic heterocycles. The number of nitrogens with one attached hydrogen (secondary N) is 1. The summed E-state index contributed by atoms with van der Waals surface area (Å²) in [4.78, 5) is 30.0. The first kappa shape index (κ1) is 22.8. The van der Waals surface area contributed by atoms with Gasteiger partial charge in [-0.05, 0) is 62.6 Å². The van der Waals surface area contributed by atoms with Crippen molar-refractivity contribution < 1.29 is 18.7 Å². The number of para-hydroxylation sites is 1. The third kappa shape index (κ3) is 4.55. The van der Waals surface area contributed by atoms with E-state index in [1.54, 1.807) is 31.2 Å². The average Bonchev–Trinajstić information content (AvgIpc) is 3.21. The van der Waals surface area contributed by atoms with Crippen molar-refractivity contribution in [1.82, 2.24) is 10.4 Å². The smallest absolute Gasteiger partial charge is 0.379 e. The Morgan fingerprint density at radius 1 is 1.09 bits per heavy atom. The van der Waals surface area contributed by atoms with Crippen molar-refractivity contribution in [2.45, 2.75) is 33.1 Å². The summed E-state index contributed by atoms with van der Waals surface area (Å²) < 4.78 is 11.4. The zero-order valence-electron chi connectivity index (χ0n) is 19.2. The Morgan fingerprint density at radius 2 is 1.91 bits per heavy atom. The fourth-order valence-corrected chi connectivity index (χ4v) is 4.29. The van der Waals surface area contributed by atoms with Crippen LogP contribution < -0.4 is 10.2 Å². The fraction of sp³-hybridized carbons (Fsp3) is 0.185. The standard InChI is InChI=1S/C27H22ClN3O4/c1-15-14-18(11-12-19(15)28)34-27(33)25-16(2)24-21(8-5-9-23(24)35-25)30-31-26(32)22-13-10-17-6-3-4-7-20(17)29-22/h3-4,6-7,10-14H,5,8-9H2,1-2H3,(H,31,32)/b30-21+. The zero-order chi connectivity index (χ0) is 24.5. The third-order valence-electron chi connectivity index (χ3n) is 5.97. The highest BCUT2D eigenvalue weighted by molar-refractivity contribution is 6.31. The van der Waals surface area contributed by atoms with Gasteiger partial charge in [0.15, 0.2) is 0 Å². The Bertz CT molecular complexity index is 1510. The summed E-state index contributed by atoms with van der Waals surface area (Å²) in [5.41, 5.74) is 6.44. The number of rotatable bonds is 4. The molecule has 1 aliphatic carbocycles. The summed E-state index contributed by atoms with van der Waals surface area (Å²) >= 11 is 6.05. The molecule has 0 saturated heterocycles. The lowest BCUT2D eigenvalue weighted by Gasteiger charge is -2.13. The van der Waals surface area contributed by atoms with Gasteiger partial charge < -0.3 is 9.15 Å². The second-order valence-electron chi connectivity index (χ2n) is 8.40. The van der Waals surface area contributed by atoms with E-state index in [9.17, 15) is 9.59 Å². The molecule has 1 N–H and O–H groups in total. The third-order valence-corrected chi connectivity index (χ3v) is 6.40. The number of amides is 1. The molecule has 0 bridgehead atoms. The Balaban J connectivity index is 1.37. The molecule has 35 heavy (non-hydrogen) atoms. The first-order chi connectivity index (χ1) is 16.9. The predicted octanol–water partition coefficient (Wildman–Crippen LogP) is 5.79. The molecule has 0 unspecified atom stereocenters. The minimum Gasteiger partial charge on any atom is -0.453 e. The van der Waals surface area contributed by atoms with E-state index in [0.29, 0.717) is 40.6 Å². The minimum atomic E-state index is -0.595. The summed E-state index contributed by atoms with van der Waals surface area (Å²) in [5, 5.41) is 5.92. The molecule has 2 heterocycles. The molecule has 0 fully saturated rings. The number of aryl methyl sites for hydroxylation is 2. The largest absolute Gasteiger partial charge is 0.453 e. The summed E-state index contributed by atoms with van der Waals surface area (Å²) in [6.45, 7) is 3.63. The van der Waals surface area contributed by atoms with Gasteiger partial charge in [0.2, 0.25) is 5.76 Å². The predicted molar refractivity (Wildman–Crippen MR) is 133 cm³/mol. The van der Waals surface area contributed by atoms with Crippen molar-refractivity contribution in [3.63, 3.8) is 0 Å². The van der Waals surface area contributed by atoms with Gasteiger partial charge in [-0.15, -0.1) is 0 Å². The summed E-state index contributed by atoms with van der Waals surface area (Å²) in [5.74, 6) is 0.163. The highest BCUT2D eigenvalue weighted by Gasteiger charge is 2.29. The molecule has 2 aromatic heterocycles. The molecule has 1 aliphatic rings. The molecular weight excluding hydrogens is 466 g/mol. The fourth-order valence-electron chi connectivity index (χ4n) is 4.18. The van der Waals surface area contributed by atoms with Gasteiger partial charge >= 0.3 is 5.97 Å². The molecule has 7 nitrogen and oxygen atoms in total. The number of fused-ring (bicyclic) bond motifs is 2. The Kier molecular flexibility index (Phi) is 6.09. The number of ether oxygens (including phenoxy) is 1. The Morgan fingerprint density at radius 3 is 2.74 bits per heavy atom. The monoisotopic (exact) mass is 487 g/mol. The first-order valence-electron chi connectivity index (χ1n) is 11.2. The lowest BCUT2D eigenvalue weighted by molar-refractivity contribution is 0.0698. The number of hydrogen-bond donors (Lipinski definition) is 1. The maximum absolute atomic E-state index is 12.8. The van der Waals surface area contributed by atoms with Crippen molar-refractivity contribution in [3.8, 4) is 5.75 Å². The Hall–Kier alpha value is -3.97. The molecule has 0 saturated carbocycles. The van der Waals surface area contributed by atoms with E-state index in [0.717, 1.165) is 28.5 Å². The topological polar surface area (TPSA) is 93.8 Å². The van der Waals surface area contributed by atoms with Gasteiger partial charge in [-0.2, -0.15) is 5.10 Å². The molecule has 1 amide bonds. The molecule has 0 atom stereocenters. The van der Waals surface area contributed by atoms with Crippen LogP contribution in [0.1, 0.15) is 56.3 Å². The lowest BCUT2D eigenvalue weighted by atomic mass is 9.93. The van der Waals surface area contributed by atoms with Gasteiger partial charge in [0.05, 0.1) is 11.2 Å². The van der Waals surface area contributed by atoms with Crippen LogP contribution in [0.5, 0.6) is 5.75 Å². The molecule has 8 heteroatoms. The molecule has 176 valence electrons. The maximum atomic E-state index is 12.8. The SMILES string of the molecule is Cc1cc(OC(=O)c2oc3c(c2C)/C(=N/NC(=O)c2ccc4ccccc4n2)CCC3)ccc1Cl. The van der Waals surface area contributed by atoms with Crippen molar-refractivity contribution >= 4 is 40.1 Å². The number of furan rings is 1. The van der Waals surface area contributed by atoms with Crippen LogP contribution in [0, 0.1) is 13.8 Å². The van der Waals surface area contributed by atoms with Crippen LogP contribution in [0.2, 0.25) is 5.02 Å². The molecule has 2 aromatic carbocycles. The number of pyridine rings is 1. The molecule has 5 rings (SSSR count). The van der Waals surface area contributed by atoms with Gasteiger partial charge in [-0.1, -0.05) is 35.9 Å². The number of nitrogens with zero attached hydrogens (tertiary/aromatic N) is 2. The van der Waals surface area contributed by atoms with Crippen molar-refractivity contribution in [2.75, 3.05) is 0 Å². The van der Waals surface area contributed by atoms with Gasteiger partial charge in [0, 0.05) is 28.0 Å². The van der Waals surface area contributed by atoms with E-state index in [1.165, 1.54) is 0 Å². The number of carbonyl (C=O) groups is 2. The quantitative estimate of drug-likeness (QED) is 0.223. The number of hydrogen-bond acceptors (Lipinski definition) is 6. The Labute approximate surface area is 206 Å². The van der Waals surface area contributed by atoms with Crippen LogP contribution in [0.4, 0.5) is 0 Å². The van der Waals surface area contributed by atoms with Crippen LogP contribution >= 0.6 is 11.6 Å². The number of carbonyl (C=O) groups excluding carboxylic acids is 2. The van der Waals surface area contributed by atoms with Crippen molar-refractivity contribution in [1.29, 1.82) is 0 Å². The van der Waals surface area contributed by atoms with E-state index in [-0.39, 0.29) is 11.5 Å². The van der Waals surface area contributed by atoms with E-state index in [1.807, 2.05) is 37.3 Å². The highest BCUT2D eigenvalue weighted by atomic mass is 35.5. The maximum Gasteiger partial charge on any atom is 0.379 e. The number of halogens is 1. The van der Waals surface area contributed by atoms with Crippen LogP contribution in [0.25, 0.3) is 10.9 Å². The van der Waals surface area contributed by atoms with Gasteiger partial charge in [-0.25, -0.2) is 15.2 Å². The van der Waals surface area contributed by atoms with Crippen molar-refractivity contribution in [2.24, 2.45) is 5.10 Å². The second kappa shape index (κ2) is 9.35. The second-order valence-corrected chi connectivity index (χ2v) is 8.80. The normalized spacial score (nSPS) is 14.1. The van der Waals surface area contributed by atoms with Crippen molar-refractivity contribution in [3.05, 3.63) is 93.5 Å². The minimum absolute atomic E-state index is 0.125. The average molecular weight is 488 g/mol. The van der Waals surface area contributed by atoms with Crippen LogP contribution in [0.15, 0.2) is 64.1 Å². The number of benzene rings is 2. The molecule has 0 radical (unpaired) electrons. The van der Waals surface area contributed by atoms with Gasteiger partial charge in [0.25, 0.3) is 5.91 Å². The zero-order valence-corrected chi connectivity index (χ0v) is 20.0. The van der Waals surface area contributed by atoms with Gasteiger partial charge in [0.1, 0.15) is 17.2 Å². The van der Waals surface area contributed by atoms with E-state index in [4.69, 9.17) is 20.8 Å². The number of aromatic nitrogens is 1. The summed E-state index contributed by atoms with van der Waals surface area (Å²) in [6.07, 6.45) is 2.10. The van der Waals surface area contributed by atoms with E-state index in [2.05, 4.69) is 15.5 Å². The summed E-state index contributed by atoms with van der Waals surface area (Å²) in [7, 11) is 0. The molecular formula is C27H22ClN3O4. The molecule has 0 spiro atoms. The number of hydrazone groups is 1. The highest BCUT2D eigenvalue weighted by Crippen LogP contribution is 2.31. The van der Waals surface area contributed by atoms with Crippen LogP contribution in [-0.4, -0.2) is 22.6 Å². The lowest BCUT2D eigenvalue weighted by Crippen LogP contribution is -2.23. The van der Waals surface area contributed by atoms with E-state index >= 15 is 0 Å². The van der Waals surface area contributed by atoms with Crippen LogP contribution in [-0.2, 0) is 6.42 Å². The molecule has 4 aromatic rings.